The minimum absolute atomic E-state index is 0.193. The number of aliphatic hydroxyl groups excluding tert-OH is 1. The van der Waals surface area contributed by atoms with E-state index in [1.165, 1.54) is 0 Å². The highest BCUT2D eigenvalue weighted by Gasteiger charge is 2.14. The SMILES string of the molecule is Cc1nc(-c2cc(C(=O)NC[C@@H](C)O)n(C)c2)cs1. The normalized spacial score (nSPS) is 12.4. The molecule has 0 spiro atoms. The Hall–Kier alpha value is -1.66. The quantitative estimate of drug-likeness (QED) is 0.892. The summed E-state index contributed by atoms with van der Waals surface area (Å²) in [6, 6.07) is 1.81. The number of hydrogen-bond acceptors (Lipinski definition) is 4. The van der Waals surface area contributed by atoms with Gasteiger partial charge < -0.3 is 15.0 Å². The van der Waals surface area contributed by atoms with Gasteiger partial charge >= 0.3 is 0 Å². The fourth-order valence-corrected chi connectivity index (χ4v) is 2.38. The second kappa shape index (κ2) is 5.54. The Morgan fingerprint density at radius 1 is 1.63 bits per heavy atom. The molecule has 2 rings (SSSR count). The molecule has 0 saturated heterocycles. The molecule has 0 aliphatic heterocycles. The van der Waals surface area contributed by atoms with Crippen LogP contribution in [-0.2, 0) is 7.05 Å². The molecule has 0 aliphatic rings. The van der Waals surface area contributed by atoms with E-state index in [1.807, 2.05) is 31.6 Å². The van der Waals surface area contributed by atoms with Gasteiger partial charge in [0, 0.05) is 30.7 Å². The van der Waals surface area contributed by atoms with Crippen LogP contribution in [0.4, 0.5) is 0 Å². The van der Waals surface area contributed by atoms with Crippen molar-refractivity contribution in [2.24, 2.45) is 7.05 Å². The van der Waals surface area contributed by atoms with Crippen LogP contribution in [0.3, 0.4) is 0 Å². The van der Waals surface area contributed by atoms with E-state index in [-0.39, 0.29) is 12.5 Å². The molecule has 0 fully saturated rings. The lowest BCUT2D eigenvalue weighted by molar-refractivity contribution is 0.0916. The largest absolute Gasteiger partial charge is 0.392 e. The minimum atomic E-state index is -0.551. The third-order valence-electron chi connectivity index (χ3n) is 2.71. The van der Waals surface area contributed by atoms with Gasteiger partial charge in [-0.1, -0.05) is 0 Å². The van der Waals surface area contributed by atoms with Gasteiger partial charge in [-0.15, -0.1) is 11.3 Å². The summed E-state index contributed by atoms with van der Waals surface area (Å²) in [5.41, 5.74) is 2.36. The number of nitrogens with one attached hydrogen (secondary N) is 1. The van der Waals surface area contributed by atoms with Crippen molar-refractivity contribution in [3.05, 3.63) is 28.3 Å². The first-order chi connectivity index (χ1) is 8.97. The Bertz CT molecular complexity index is 586. The van der Waals surface area contributed by atoms with Gasteiger partial charge in [-0.2, -0.15) is 0 Å². The van der Waals surface area contributed by atoms with Crippen LogP contribution in [0, 0.1) is 6.92 Å². The van der Waals surface area contributed by atoms with Crippen molar-refractivity contribution >= 4 is 17.2 Å². The number of aryl methyl sites for hydroxylation is 2. The molecule has 0 saturated carbocycles. The molecule has 0 bridgehead atoms. The number of rotatable bonds is 4. The second-order valence-corrected chi connectivity index (χ2v) is 5.60. The maximum atomic E-state index is 12.0. The standard InChI is InChI=1S/C13H17N3O2S/c1-8(17)5-14-13(18)12-4-10(6-16(12)3)11-7-19-9(2)15-11/h4,6-8,17H,5H2,1-3H3,(H,14,18)/t8-/m1/s1. The van der Waals surface area contributed by atoms with Crippen LogP contribution in [0.15, 0.2) is 17.6 Å². The lowest BCUT2D eigenvalue weighted by atomic mass is 10.2. The third-order valence-corrected chi connectivity index (χ3v) is 3.48. The zero-order valence-electron chi connectivity index (χ0n) is 11.2. The number of nitrogens with zero attached hydrogens (tertiary/aromatic N) is 2. The van der Waals surface area contributed by atoms with E-state index in [1.54, 1.807) is 22.8 Å². The van der Waals surface area contributed by atoms with E-state index in [2.05, 4.69) is 10.3 Å². The Labute approximate surface area is 115 Å². The molecule has 102 valence electrons. The van der Waals surface area contributed by atoms with Crippen LogP contribution in [0.1, 0.15) is 22.4 Å². The van der Waals surface area contributed by atoms with E-state index in [4.69, 9.17) is 0 Å². The molecule has 0 radical (unpaired) electrons. The van der Waals surface area contributed by atoms with Gasteiger partial charge in [0.1, 0.15) is 5.69 Å². The van der Waals surface area contributed by atoms with Gasteiger partial charge in [-0.3, -0.25) is 4.79 Å². The summed E-state index contributed by atoms with van der Waals surface area (Å²) in [4.78, 5) is 16.4. The smallest absolute Gasteiger partial charge is 0.268 e. The van der Waals surface area contributed by atoms with Gasteiger partial charge in [0.15, 0.2) is 0 Å². The van der Waals surface area contributed by atoms with Crippen LogP contribution >= 0.6 is 11.3 Å². The summed E-state index contributed by atoms with van der Waals surface area (Å²) in [5, 5.41) is 14.8. The number of carbonyl (C=O) groups is 1. The first-order valence-corrected chi connectivity index (χ1v) is 6.90. The Balaban J connectivity index is 2.19. The predicted octanol–water partition coefficient (Wildman–Crippen LogP) is 1.57. The van der Waals surface area contributed by atoms with Crippen LogP contribution in [-0.4, -0.2) is 33.2 Å². The number of aliphatic hydroxyl groups is 1. The van der Waals surface area contributed by atoms with Crippen LogP contribution in [0.5, 0.6) is 0 Å². The fraction of sp³-hybridized carbons (Fsp3) is 0.385. The maximum absolute atomic E-state index is 12.0. The molecule has 2 N–H and O–H groups in total. The number of amides is 1. The van der Waals surface area contributed by atoms with E-state index in [0.29, 0.717) is 5.69 Å². The number of thiazole rings is 1. The highest BCUT2D eigenvalue weighted by atomic mass is 32.1. The average molecular weight is 279 g/mol. The molecule has 2 heterocycles. The number of hydrogen-bond donors (Lipinski definition) is 2. The molecule has 5 nitrogen and oxygen atoms in total. The van der Waals surface area contributed by atoms with Crippen LogP contribution < -0.4 is 5.32 Å². The highest BCUT2D eigenvalue weighted by Crippen LogP contribution is 2.23. The summed E-state index contributed by atoms with van der Waals surface area (Å²) in [5.74, 6) is -0.193. The summed E-state index contributed by atoms with van der Waals surface area (Å²) >= 11 is 1.58. The minimum Gasteiger partial charge on any atom is -0.392 e. The molecule has 2 aromatic rings. The Morgan fingerprint density at radius 3 is 2.95 bits per heavy atom. The van der Waals surface area contributed by atoms with E-state index in [0.717, 1.165) is 16.3 Å². The fourth-order valence-electron chi connectivity index (χ4n) is 1.76. The third kappa shape index (κ3) is 3.21. The van der Waals surface area contributed by atoms with Crippen molar-refractivity contribution in [1.82, 2.24) is 14.9 Å². The first kappa shape index (κ1) is 13.8. The second-order valence-electron chi connectivity index (χ2n) is 4.54. The van der Waals surface area contributed by atoms with Gasteiger partial charge in [0.2, 0.25) is 0 Å². The predicted molar refractivity (Wildman–Crippen MR) is 75.3 cm³/mol. The molecule has 2 aromatic heterocycles. The molecule has 0 aromatic carbocycles. The van der Waals surface area contributed by atoms with Crippen molar-refractivity contribution < 1.29 is 9.90 Å². The maximum Gasteiger partial charge on any atom is 0.268 e. The van der Waals surface area contributed by atoms with Gasteiger partial charge in [0.25, 0.3) is 5.91 Å². The Kier molecular flexibility index (Phi) is 4.01. The zero-order valence-corrected chi connectivity index (χ0v) is 12.0. The number of carbonyl (C=O) groups excluding carboxylic acids is 1. The van der Waals surface area contributed by atoms with E-state index < -0.39 is 6.10 Å². The van der Waals surface area contributed by atoms with Crippen molar-refractivity contribution in [2.45, 2.75) is 20.0 Å². The lowest BCUT2D eigenvalue weighted by Crippen LogP contribution is -2.31. The topological polar surface area (TPSA) is 67.2 Å². The first-order valence-electron chi connectivity index (χ1n) is 6.02. The average Bonchev–Trinajstić information content (AvgIpc) is 2.92. The molecule has 1 amide bonds. The van der Waals surface area contributed by atoms with E-state index >= 15 is 0 Å². The molecule has 1 atom stereocenters. The van der Waals surface area contributed by atoms with Crippen LogP contribution in [0.25, 0.3) is 11.3 Å². The van der Waals surface area contributed by atoms with Crippen molar-refractivity contribution in [3.63, 3.8) is 0 Å². The van der Waals surface area contributed by atoms with Crippen LogP contribution in [0.2, 0.25) is 0 Å². The molecule has 0 unspecified atom stereocenters. The van der Waals surface area contributed by atoms with Gasteiger partial charge in [0.05, 0.1) is 16.8 Å². The zero-order chi connectivity index (χ0) is 14.0. The summed E-state index contributed by atoms with van der Waals surface area (Å²) < 4.78 is 1.77. The van der Waals surface area contributed by atoms with Crippen molar-refractivity contribution in [2.75, 3.05) is 6.54 Å². The lowest BCUT2D eigenvalue weighted by Gasteiger charge is -2.07. The molecule has 6 heteroatoms. The number of aromatic nitrogens is 2. The molecule has 19 heavy (non-hydrogen) atoms. The van der Waals surface area contributed by atoms with Gasteiger partial charge in [-0.05, 0) is 19.9 Å². The molecular weight excluding hydrogens is 262 g/mol. The van der Waals surface area contributed by atoms with Crippen molar-refractivity contribution in [3.8, 4) is 11.3 Å². The van der Waals surface area contributed by atoms with E-state index in [9.17, 15) is 9.90 Å². The van der Waals surface area contributed by atoms with Crippen molar-refractivity contribution in [1.29, 1.82) is 0 Å². The van der Waals surface area contributed by atoms with Gasteiger partial charge in [-0.25, -0.2) is 4.98 Å². The summed E-state index contributed by atoms with van der Waals surface area (Å²) in [7, 11) is 1.82. The highest BCUT2D eigenvalue weighted by molar-refractivity contribution is 7.09. The summed E-state index contributed by atoms with van der Waals surface area (Å²) in [6.45, 7) is 3.83. The molecule has 0 aliphatic carbocycles. The molecular formula is C13H17N3O2S. The summed E-state index contributed by atoms with van der Waals surface area (Å²) in [6.07, 6.45) is 1.33. The monoisotopic (exact) mass is 279 g/mol. The Morgan fingerprint density at radius 2 is 2.37 bits per heavy atom.